The third kappa shape index (κ3) is 6.68. The van der Waals surface area contributed by atoms with Crippen molar-refractivity contribution >= 4 is 19.7 Å². The summed E-state index contributed by atoms with van der Waals surface area (Å²) in [5, 5.41) is 10.1. The molecule has 0 atom stereocenters. The van der Waals surface area contributed by atoms with Crippen LogP contribution in [-0.4, -0.2) is 18.8 Å². The number of aliphatic hydroxyl groups is 1. The third-order valence-corrected chi connectivity index (χ3v) is 3.14. The molecule has 0 aliphatic heterocycles. The quantitative estimate of drug-likeness (QED) is 0.633. The van der Waals surface area contributed by atoms with Gasteiger partial charge < -0.3 is 9.84 Å². The van der Waals surface area contributed by atoms with Gasteiger partial charge in [-0.2, -0.15) is 0 Å². The summed E-state index contributed by atoms with van der Waals surface area (Å²) in [6.07, 6.45) is 2.50. The van der Waals surface area contributed by atoms with Gasteiger partial charge in [0.15, 0.2) is 5.75 Å². The van der Waals surface area contributed by atoms with Gasteiger partial charge in [-0.05, 0) is 38.0 Å². The van der Waals surface area contributed by atoms with E-state index in [0.29, 0.717) is 16.3 Å². The highest BCUT2D eigenvalue weighted by Crippen LogP contribution is 2.22. The van der Waals surface area contributed by atoms with Gasteiger partial charge in [0, 0.05) is 5.02 Å². The van der Waals surface area contributed by atoms with Crippen LogP contribution in [0.15, 0.2) is 18.2 Å². The first kappa shape index (κ1) is 16.7. The average molecular weight is 307 g/mol. The second-order valence-electron chi connectivity index (χ2n) is 6.03. The van der Waals surface area contributed by atoms with Crippen LogP contribution in [0.25, 0.3) is 0 Å². The van der Waals surface area contributed by atoms with E-state index in [2.05, 4.69) is 43.1 Å². The number of hydrogen-bond acceptors (Lipinski definition) is 2. The fraction of sp³-hybridized carbons (Fsp3) is 0.375. The van der Waals surface area contributed by atoms with Gasteiger partial charge in [-0.1, -0.05) is 37.2 Å². The molecule has 0 unspecified atom stereocenters. The zero-order valence-corrected chi connectivity index (χ0v) is 14.2. The van der Waals surface area contributed by atoms with Gasteiger partial charge in [0.05, 0.1) is 5.56 Å². The predicted molar refractivity (Wildman–Crippen MR) is 86.4 cm³/mol. The van der Waals surface area contributed by atoms with E-state index in [1.165, 1.54) is 0 Å². The molecule has 0 saturated heterocycles. The number of halogens is 1. The molecule has 0 heterocycles. The maximum Gasteiger partial charge on any atom is 0.155 e. The van der Waals surface area contributed by atoms with E-state index in [1.54, 1.807) is 32.0 Å². The molecule has 1 rings (SSSR count). The van der Waals surface area contributed by atoms with Gasteiger partial charge in [0.25, 0.3) is 0 Å². The Morgan fingerprint density at radius 2 is 1.90 bits per heavy atom. The van der Waals surface area contributed by atoms with Crippen molar-refractivity contribution in [2.75, 3.05) is 0 Å². The standard InChI is InChI=1S/C16H19ClO2Si/c1-16(2,18)9-10-19-15-7-6-14(17)12-13(15)8-11-20(3,4)5/h6-7,12,18H,1-5H3. The molecule has 0 aromatic heterocycles. The van der Waals surface area contributed by atoms with Crippen LogP contribution in [0.1, 0.15) is 19.4 Å². The van der Waals surface area contributed by atoms with Crippen LogP contribution in [-0.2, 0) is 0 Å². The van der Waals surface area contributed by atoms with E-state index in [-0.39, 0.29) is 0 Å². The van der Waals surface area contributed by atoms with Gasteiger partial charge in [-0.25, -0.2) is 0 Å². The summed E-state index contributed by atoms with van der Waals surface area (Å²) in [5.74, 6) is 6.26. The SMILES string of the molecule is CC(C)(O)C#COc1ccc(Cl)cc1C#C[Si](C)(C)C. The van der Waals surface area contributed by atoms with Crippen molar-refractivity contribution in [1.82, 2.24) is 0 Å². The number of ether oxygens (including phenoxy) is 1. The molecule has 0 amide bonds. The largest absolute Gasteiger partial charge is 0.406 e. The summed E-state index contributed by atoms with van der Waals surface area (Å²) in [6.45, 7) is 9.69. The Hall–Kier alpha value is -1.39. The Bertz CT molecular complexity index is 602. The van der Waals surface area contributed by atoms with E-state index in [9.17, 15) is 5.11 Å². The molecule has 1 aromatic carbocycles. The molecule has 20 heavy (non-hydrogen) atoms. The van der Waals surface area contributed by atoms with Gasteiger partial charge in [-0.15, -0.1) is 5.54 Å². The first-order chi connectivity index (χ1) is 9.07. The van der Waals surface area contributed by atoms with E-state index < -0.39 is 13.7 Å². The molecule has 0 radical (unpaired) electrons. The van der Waals surface area contributed by atoms with Crippen molar-refractivity contribution < 1.29 is 9.84 Å². The summed E-state index contributed by atoms with van der Waals surface area (Å²) in [4.78, 5) is 0. The lowest BCUT2D eigenvalue weighted by Crippen LogP contribution is -2.16. The third-order valence-electron chi connectivity index (χ3n) is 2.03. The minimum Gasteiger partial charge on any atom is -0.406 e. The zero-order valence-electron chi connectivity index (χ0n) is 12.5. The summed E-state index contributed by atoms with van der Waals surface area (Å²) in [5.41, 5.74) is 2.89. The molecule has 1 aromatic rings. The van der Waals surface area contributed by atoms with Crippen LogP contribution in [0.5, 0.6) is 5.75 Å². The van der Waals surface area contributed by atoms with Crippen molar-refractivity contribution in [2.24, 2.45) is 0 Å². The lowest BCUT2D eigenvalue weighted by Gasteiger charge is -2.07. The maximum atomic E-state index is 9.52. The Labute approximate surface area is 127 Å². The maximum absolute atomic E-state index is 9.52. The molecule has 4 heteroatoms. The lowest BCUT2D eigenvalue weighted by atomic mass is 10.2. The highest BCUT2D eigenvalue weighted by molar-refractivity contribution is 6.83. The Morgan fingerprint density at radius 1 is 1.25 bits per heavy atom. The molecule has 1 N–H and O–H groups in total. The van der Waals surface area contributed by atoms with Crippen molar-refractivity contribution in [1.29, 1.82) is 0 Å². The minimum absolute atomic E-state index is 0.553. The van der Waals surface area contributed by atoms with E-state index in [1.807, 2.05) is 0 Å². The smallest absolute Gasteiger partial charge is 0.155 e. The predicted octanol–water partition coefficient (Wildman–Crippen LogP) is 3.68. The molecule has 0 aliphatic carbocycles. The Balaban J connectivity index is 3.07. The Morgan fingerprint density at radius 3 is 2.45 bits per heavy atom. The first-order valence-corrected chi connectivity index (χ1v) is 10.2. The molecule has 0 aliphatic rings. The van der Waals surface area contributed by atoms with Gasteiger partial charge in [0.2, 0.25) is 0 Å². The van der Waals surface area contributed by atoms with E-state index in [0.717, 1.165) is 0 Å². The van der Waals surface area contributed by atoms with Crippen molar-refractivity contribution in [3.63, 3.8) is 0 Å². The van der Waals surface area contributed by atoms with Crippen molar-refractivity contribution in [3.8, 4) is 29.2 Å². The monoisotopic (exact) mass is 306 g/mol. The summed E-state index contributed by atoms with van der Waals surface area (Å²) >= 11 is 5.99. The van der Waals surface area contributed by atoms with Crippen LogP contribution in [0.4, 0.5) is 0 Å². The fourth-order valence-electron chi connectivity index (χ4n) is 1.15. The lowest BCUT2D eigenvalue weighted by molar-refractivity contribution is 0.143. The molecule has 106 valence electrons. The number of benzene rings is 1. The zero-order chi connectivity index (χ0) is 15.4. The van der Waals surface area contributed by atoms with Gasteiger partial charge in [-0.3, -0.25) is 0 Å². The summed E-state index contributed by atoms with van der Waals surface area (Å²) in [6, 6.07) is 5.22. The molecular formula is C16H19ClO2Si. The molecule has 0 spiro atoms. The van der Waals surface area contributed by atoms with Crippen LogP contribution >= 0.6 is 11.6 Å². The Kier molecular flexibility index (Phi) is 5.31. The average Bonchev–Trinajstić information content (AvgIpc) is 2.26. The first-order valence-electron chi connectivity index (χ1n) is 6.31. The normalized spacial score (nSPS) is 10.9. The van der Waals surface area contributed by atoms with Crippen molar-refractivity contribution in [3.05, 3.63) is 28.8 Å². The molecule has 2 nitrogen and oxygen atoms in total. The van der Waals surface area contributed by atoms with Crippen molar-refractivity contribution in [2.45, 2.75) is 39.1 Å². The molecule has 0 saturated carbocycles. The van der Waals surface area contributed by atoms with Crippen LogP contribution in [0.3, 0.4) is 0 Å². The fourth-order valence-corrected chi connectivity index (χ4v) is 1.83. The second kappa shape index (κ2) is 6.37. The molecular weight excluding hydrogens is 288 g/mol. The van der Waals surface area contributed by atoms with Crippen LogP contribution in [0.2, 0.25) is 24.7 Å². The highest BCUT2D eigenvalue weighted by Gasteiger charge is 2.09. The molecule has 0 bridgehead atoms. The van der Waals surface area contributed by atoms with E-state index >= 15 is 0 Å². The van der Waals surface area contributed by atoms with E-state index in [4.69, 9.17) is 16.3 Å². The van der Waals surface area contributed by atoms with Gasteiger partial charge in [0.1, 0.15) is 19.8 Å². The van der Waals surface area contributed by atoms with Gasteiger partial charge >= 0.3 is 0 Å². The summed E-state index contributed by atoms with van der Waals surface area (Å²) in [7, 11) is -1.48. The highest BCUT2D eigenvalue weighted by atomic mass is 35.5. The second-order valence-corrected chi connectivity index (χ2v) is 11.2. The topological polar surface area (TPSA) is 29.5 Å². The number of rotatable bonds is 1. The van der Waals surface area contributed by atoms with Crippen LogP contribution in [0, 0.1) is 23.5 Å². The molecule has 0 fully saturated rings. The summed E-state index contributed by atoms with van der Waals surface area (Å²) < 4.78 is 5.37. The number of hydrogen-bond donors (Lipinski definition) is 1. The minimum atomic E-state index is -1.48. The van der Waals surface area contributed by atoms with Crippen LogP contribution < -0.4 is 4.74 Å².